The first-order chi connectivity index (χ1) is 9.42. The molecular weight excluding hydrogens is 346 g/mol. The molecule has 0 spiro atoms. The van der Waals surface area contributed by atoms with Crippen molar-refractivity contribution in [2.75, 3.05) is 7.11 Å². The molecule has 0 saturated heterocycles. The zero-order valence-electron chi connectivity index (χ0n) is 11.0. The molecule has 6 nitrogen and oxygen atoms in total. The number of nitrogens with zero attached hydrogens (tertiary/aromatic N) is 2. The maximum atomic E-state index is 12.2. The molecule has 1 aromatic heterocycles. The fourth-order valence-corrected chi connectivity index (χ4v) is 3.37. The van der Waals surface area contributed by atoms with Crippen LogP contribution < -0.4 is 9.46 Å². The molecule has 0 aliphatic heterocycles. The number of benzene rings is 1. The molecule has 20 heavy (non-hydrogen) atoms. The molecular formula is C12H14BrN3O3S. The Balaban J connectivity index is 2.15. The van der Waals surface area contributed by atoms with Gasteiger partial charge in [0.1, 0.15) is 5.75 Å². The number of aryl methyl sites for hydroxylation is 1. The predicted octanol–water partition coefficient (Wildman–Crippen LogP) is 1.67. The lowest BCUT2D eigenvalue weighted by atomic mass is 10.3. The first kappa shape index (κ1) is 15.0. The number of sulfonamides is 1. The van der Waals surface area contributed by atoms with Crippen LogP contribution in [0.1, 0.15) is 5.56 Å². The second-order valence-electron chi connectivity index (χ2n) is 4.14. The zero-order valence-corrected chi connectivity index (χ0v) is 13.4. The third-order valence-electron chi connectivity index (χ3n) is 2.66. The summed E-state index contributed by atoms with van der Waals surface area (Å²) in [5.41, 5.74) is 0.795. The smallest absolute Gasteiger partial charge is 0.240 e. The van der Waals surface area contributed by atoms with Gasteiger partial charge in [-0.1, -0.05) is 0 Å². The van der Waals surface area contributed by atoms with Crippen molar-refractivity contribution >= 4 is 26.0 Å². The van der Waals surface area contributed by atoms with Gasteiger partial charge < -0.3 is 4.74 Å². The molecule has 1 heterocycles. The SMILES string of the molecule is COc1ccc(S(=O)(=O)NCc2cnn(C)c2)cc1Br. The van der Waals surface area contributed by atoms with E-state index in [1.165, 1.54) is 19.2 Å². The summed E-state index contributed by atoms with van der Waals surface area (Å²) in [5.74, 6) is 0.580. The molecule has 0 aliphatic carbocycles. The van der Waals surface area contributed by atoms with Gasteiger partial charge in [0.25, 0.3) is 0 Å². The topological polar surface area (TPSA) is 73.2 Å². The summed E-state index contributed by atoms with van der Waals surface area (Å²) >= 11 is 3.27. The van der Waals surface area contributed by atoms with Gasteiger partial charge in [0.05, 0.1) is 22.7 Å². The van der Waals surface area contributed by atoms with E-state index in [-0.39, 0.29) is 11.4 Å². The van der Waals surface area contributed by atoms with Gasteiger partial charge in [-0.3, -0.25) is 4.68 Å². The number of hydrogen-bond acceptors (Lipinski definition) is 4. The van der Waals surface area contributed by atoms with Crippen LogP contribution in [0, 0.1) is 0 Å². The van der Waals surface area contributed by atoms with Crippen molar-refractivity contribution in [3.8, 4) is 5.75 Å². The van der Waals surface area contributed by atoms with E-state index in [1.807, 2.05) is 0 Å². The lowest BCUT2D eigenvalue weighted by Gasteiger charge is -2.08. The normalized spacial score (nSPS) is 11.6. The van der Waals surface area contributed by atoms with Gasteiger partial charge in [-0.05, 0) is 34.1 Å². The van der Waals surface area contributed by atoms with Crippen molar-refractivity contribution in [3.05, 3.63) is 40.6 Å². The average Bonchev–Trinajstić information content (AvgIpc) is 2.82. The summed E-state index contributed by atoms with van der Waals surface area (Å²) in [6, 6.07) is 4.60. The molecule has 0 aliphatic rings. The number of rotatable bonds is 5. The minimum Gasteiger partial charge on any atom is -0.496 e. The molecule has 0 saturated carbocycles. The lowest BCUT2D eigenvalue weighted by molar-refractivity contribution is 0.411. The molecule has 2 rings (SSSR count). The van der Waals surface area contributed by atoms with E-state index in [4.69, 9.17) is 4.74 Å². The summed E-state index contributed by atoms with van der Waals surface area (Å²) in [4.78, 5) is 0.175. The molecule has 2 aromatic rings. The number of aromatic nitrogens is 2. The van der Waals surface area contributed by atoms with E-state index >= 15 is 0 Å². The van der Waals surface area contributed by atoms with Crippen molar-refractivity contribution in [3.63, 3.8) is 0 Å². The highest BCUT2D eigenvalue weighted by Crippen LogP contribution is 2.27. The Morgan fingerprint density at radius 3 is 2.75 bits per heavy atom. The van der Waals surface area contributed by atoms with Crippen LogP contribution in [0.3, 0.4) is 0 Å². The molecule has 0 unspecified atom stereocenters. The molecule has 8 heteroatoms. The van der Waals surface area contributed by atoms with Gasteiger partial charge >= 0.3 is 0 Å². The van der Waals surface area contributed by atoms with E-state index in [0.717, 1.165) is 5.56 Å². The number of ether oxygens (including phenoxy) is 1. The summed E-state index contributed by atoms with van der Waals surface area (Å²) in [6.07, 6.45) is 3.37. The number of methoxy groups -OCH3 is 1. The highest BCUT2D eigenvalue weighted by Gasteiger charge is 2.15. The summed E-state index contributed by atoms with van der Waals surface area (Å²) in [7, 11) is -0.270. The molecule has 0 atom stereocenters. The van der Waals surface area contributed by atoms with Crippen molar-refractivity contribution in [2.24, 2.45) is 7.05 Å². The third kappa shape index (κ3) is 3.38. The monoisotopic (exact) mass is 359 g/mol. The number of nitrogens with one attached hydrogen (secondary N) is 1. The van der Waals surface area contributed by atoms with Gasteiger partial charge in [-0.15, -0.1) is 0 Å². The third-order valence-corrected chi connectivity index (χ3v) is 4.68. The largest absolute Gasteiger partial charge is 0.496 e. The van der Waals surface area contributed by atoms with Gasteiger partial charge in [0.2, 0.25) is 10.0 Å². The van der Waals surface area contributed by atoms with E-state index < -0.39 is 10.0 Å². The highest BCUT2D eigenvalue weighted by atomic mass is 79.9. The van der Waals surface area contributed by atoms with Crippen LogP contribution in [-0.4, -0.2) is 25.3 Å². The van der Waals surface area contributed by atoms with Gasteiger partial charge in [-0.25, -0.2) is 13.1 Å². The molecule has 108 valence electrons. The average molecular weight is 360 g/mol. The van der Waals surface area contributed by atoms with E-state index in [9.17, 15) is 8.42 Å². The maximum absolute atomic E-state index is 12.2. The quantitative estimate of drug-likeness (QED) is 0.881. The summed E-state index contributed by atoms with van der Waals surface area (Å²) in [5, 5.41) is 3.98. The Hall–Kier alpha value is -1.38. The van der Waals surface area contributed by atoms with Crippen molar-refractivity contribution in [2.45, 2.75) is 11.4 Å². The van der Waals surface area contributed by atoms with Crippen LogP contribution >= 0.6 is 15.9 Å². The Kier molecular flexibility index (Phi) is 4.46. The molecule has 1 N–H and O–H groups in total. The second kappa shape index (κ2) is 5.94. The fraction of sp³-hybridized carbons (Fsp3) is 0.250. The minimum absolute atomic E-state index is 0.175. The Bertz CT molecular complexity index is 712. The van der Waals surface area contributed by atoms with E-state index in [2.05, 4.69) is 25.8 Å². The zero-order chi connectivity index (χ0) is 14.8. The Morgan fingerprint density at radius 2 is 2.20 bits per heavy atom. The van der Waals surface area contributed by atoms with Gasteiger partial charge in [0.15, 0.2) is 0 Å². The Morgan fingerprint density at radius 1 is 1.45 bits per heavy atom. The van der Waals surface area contributed by atoms with Crippen LogP contribution in [-0.2, 0) is 23.6 Å². The van der Waals surface area contributed by atoms with E-state index in [1.54, 1.807) is 30.2 Å². The van der Waals surface area contributed by atoms with Crippen LogP contribution in [0.2, 0.25) is 0 Å². The van der Waals surface area contributed by atoms with Crippen LogP contribution in [0.4, 0.5) is 0 Å². The molecule has 1 aromatic carbocycles. The molecule has 0 fully saturated rings. The fourth-order valence-electron chi connectivity index (χ4n) is 1.64. The molecule has 0 bridgehead atoms. The predicted molar refractivity (Wildman–Crippen MR) is 77.9 cm³/mol. The molecule has 0 radical (unpaired) electrons. The first-order valence-corrected chi connectivity index (χ1v) is 8.01. The van der Waals surface area contributed by atoms with Crippen molar-refractivity contribution in [1.82, 2.24) is 14.5 Å². The van der Waals surface area contributed by atoms with Crippen LogP contribution in [0.25, 0.3) is 0 Å². The molecule has 0 amide bonds. The van der Waals surface area contributed by atoms with Crippen molar-refractivity contribution < 1.29 is 13.2 Å². The Labute approximate surface area is 125 Å². The highest BCUT2D eigenvalue weighted by molar-refractivity contribution is 9.10. The van der Waals surface area contributed by atoms with Crippen LogP contribution in [0.15, 0.2) is 40.0 Å². The maximum Gasteiger partial charge on any atom is 0.240 e. The summed E-state index contributed by atoms with van der Waals surface area (Å²) < 4.78 is 34.1. The van der Waals surface area contributed by atoms with Gasteiger partial charge in [0, 0.05) is 25.4 Å². The number of hydrogen-bond donors (Lipinski definition) is 1. The van der Waals surface area contributed by atoms with Gasteiger partial charge in [-0.2, -0.15) is 5.10 Å². The number of halogens is 1. The van der Waals surface area contributed by atoms with Crippen LogP contribution in [0.5, 0.6) is 5.75 Å². The van der Waals surface area contributed by atoms with E-state index in [0.29, 0.717) is 10.2 Å². The first-order valence-electron chi connectivity index (χ1n) is 5.73. The minimum atomic E-state index is -3.57. The second-order valence-corrected chi connectivity index (χ2v) is 6.76. The van der Waals surface area contributed by atoms with Crippen molar-refractivity contribution in [1.29, 1.82) is 0 Å². The lowest BCUT2D eigenvalue weighted by Crippen LogP contribution is -2.23. The summed E-state index contributed by atoms with van der Waals surface area (Å²) in [6.45, 7) is 0.194. The standard InChI is InChI=1S/C12H14BrN3O3S/c1-16-8-9(6-14-16)7-15-20(17,18)10-3-4-12(19-2)11(13)5-10/h3-6,8,15H,7H2,1-2H3.